The standard InChI is InChI=1S/C19H20FNO/c1-14-5-2-7-16(11-14)18-9-4-10-21(18)19(22)13-15-6-3-8-17(20)12-15/h2-3,5-8,11-12,18H,4,9-10,13H2,1H3/t18-/m0/s1. The van der Waals surface area contributed by atoms with Crippen molar-refractivity contribution in [1.29, 1.82) is 0 Å². The van der Waals surface area contributed by atoms with Crippen molar-refractivity contribution in [3.05, 3.63) is 71.0 Å². The highest BCUT2D eigenvalue weighted by Gasteiger charge is 2.29. The van der Waals surface area contributed by atoms with Gasteiger partial charge >= 0.3 is 0 Å². The van der Waals surface area contributed by atoms with E-state index in [1.165, 1.54) is 23.3 Å². The molecule has 2 nitrogen and oxygen atoms in total. The van der Waals surface area contributed by atoms with Gasteiger partial charge in [0.25, 0.3) is 0 Å². The van der Waals surface area contributed by atoms with E-state index in [1.54, 1.807) is 12.1 Å². The van der Waals surface area contributed by atoms with Gasteiger partial charge in [0.15, 0.2) is 0 Å². The van der Waals surface area contributed by atoms with Crippen LogP contribution >= 0.6 is 0 Å². The van der Waals surface area contributed by atoms with Gasteiger partial charge in [-0.2, -0.15) is 0 Å². The summed E-state index contributed by atoms with van der Waals surface area (Å²) in [5, 5.41) is 0. The van der Waals surface area contributed by atoms with Crippen LogP contribution in [0.5, 0.6) is 0 Å². The Bertz CT molecular complexity index is 683. The van der Waals surface area contributed by atoms with Crippen LogP contribution in [0.2, 0.25) is 0 Å². The minimum atomic E-state index is -0.290. The molecule has 1 aliphatic heterocycles. The van der Waals surface area contributed by atoms with Crippen LogP contribution in [-0.2, 0) is 11.2 Å². The summed E-state index contributed by atoms with van der Waals surface area (Å²) >= 11 is 0. The zero-order valence-electron chi connectivity index (χ0n) is 12.8. The summed E-state index contributed by atoms with van der Waals surface area (Å²) in [5.74, 6) is -0.212. The highest BCUT2D eigenvalue weighted by molar-refractivity contribution is 5.79. The molecule has 1 fully saturated rings. The van der Waals surface area contributed by atoms with Gasteiger partial charge in [0.1, 0.15) is 5.82 Å². The zero-order chi connectivity index (χ0) is 15.5. The molecule has 1 atom stereocenters. The molecular formula is C19H20FNO. The topological polar surface area (TPSA) is 20.3 Å². The number of rotatable bonds is 3. The summed E-state index contributed by atoms with van der Waals surface area (Å²) < 4.78 is 13.3. The molecule has 3 heteroatoms. The second-order valence-electron chi connectivity index (χ2n) is 5.97. The van der Waals surface area contributed by atoms with Gasteiger partial charge in [-0.05, 0) is 43.0 Å². The molecule has 1 heterocycles. The molecule has 2 aromatic rings. The van der Waals surface area contributed by atoms with Crippen LogP contribution in [0.15, 0.2) is 48.5 Å². The number of nitrogens with zero attached hydrogens (tertiary/aromatic N) is 1. The molecule has 0 aromatic heterocycles. The first-order valence-electron chi connectivity index (χ1n) is 7.74. The van der Waals surface area contributed by atoms with Crippen LogP contribution in [0.4, 0.5) is 4.39 Å². The van der Waals surface area contributed by atoms with Crippen LogP contribution < -0.4 is 0 Å². The third-order valence-electron chi connectivity index (χ3n) is 4.24. The normalized spacial score (nSPS) is 17.7. The fraction of sp³-hybridized carbons (Fsp3) is 0.316. The first-order valence-corrected chi connectivity index (χ1v) is 7.74. The number of benzene rings is 2. The van der Waals surface area contributed by atoms with Gasteiger partial charge in [0.2, 0.25) is 5.91 Å². The predicted octanol–water partition coefficient (Wildman–Crippen LogP) is 4.04. The molecule has 0 N–H and O–H groups in total. The molecule has 22 heavy (non-hydrogen) atoms. The number of halogens is 1. The fourth-order valence-electron chi connectivity index (χ4n) is 3.21. The Morgan fingerprint density at radius 1 is 1.23 bits per heavy atom. The average molecular weight is 297 g/mol. The number of likely N-dealkylation sites (tertiary alicyclic amines) is 1. The van der Waals surface area contributed by atoms with E-state index in [-0.39, 0.29) is 24.2 Å². The number of hydrogen-bond acceptors (Lipinski definition) is 1. The molecule has 0 spiro atoms. The molecule has 0 bridgehead atoms. The zero-order valence-corrected chi connectivity index (χ0v) is 12.8. The lowest BCUT2D eigenvalue weighted by Gasteiger charge is -2.25. The van der Waals surface area contributed by atoms with Gasteiger partial charge in [0.05, 0.1) is 12.5 Å². The maximum absolute atomic E-state index is 13.3. The van der Waals surface area contributed by atoms with Gasteiger partial charge in [-0.25, -0.2) is 4.39 Å². The van der Waals surface area contributed by atoms with E-state index < -0.39 is 0 Å². The molecule has 2 aromatic carbocycles. The monoisotopic (exact) mass is 297 g/mol. The number of carbonyl (C=O) groups is 1. The van der Waals surface area contributed by atoms with E-state index in [9.17, 15) is 9.18 Å². The van der Waals surface area contributed by atoms with Crippen molar-refractivity contribution in [1.82, 2.24) is 4.90 Å². The van der Waals surface area contributed by atoms with E-state index in [0.29, 0.717) is 0 Å². The Hall–Kier alpha value is -2.16. The Kier molecular flexibility index (Phi) is 4.23. The van der Waals surface area contributed by atoms with Gasteiger partial charge in [-0.1, -0.05) is 42.0 Å². The Labute approximate surface area is 130 Å². The van der Waals surface area contributed by atoms with E-state index in [0.717, 1.165) is 24.9 Å². The van der Waals surface area contributed by atoms with Crippen molar-refractivity contribution in [2.24, 2.45) is 0 Å². The number of hydrogen-bond donors (Lipinski definition) is 0. The van der Waals surface area contributed by atoms with E-state index in [1.807, 2.05) is 11.0 Å². The smallest absolute Gasteiger partial charge is 0.227 e. The number of carbonyl (C=O) groups excluding carboxylic acids is 1. The first-order chi connectivity index (χ1) is 10.6. The molecule has 0 radical (unpaired) electrons. The van der Waals surface area contributed by atoms with Gasteiger partial charge in [0, 0.05) is 6.54 Å². The maximum atomic E-state index is 13.3. The minimum absolute atomic E-state index is 0.0783. The van der Waals surface area contributed by atoms with Gasteiger partial charge < -0.3 is 4.90 Å². The molecule has 1 amide bonds. The summed E-state index contributed by atoms with van der Waals surface area (Å²) in [5.41, 5.74) is 3.15. The van der Waals surface area contributed by atoms with E-state index in [2.05, 4.69) is 25.1 Å². The van der Waals surface area contributed by atoms with Crippen LogP contribution in [-0.4, -0.2) is 17.4 Å². The van der Waals surface area contributed by atoms with Crippen molar-refractivity contribution in [3.63, 3.8) is 0 Å². The summed E-state index contributed by atoms with van der Waals surface area (Å²) in [6.45, 7) is 2.85. The van der Waals surface area contributed by atoms with E-state index in [4.69, 9.17) is 0 Å². The van der Waals surface area contributed by atoms with Gasteiger partial charge in [-0.15, -0.1) is 0 Å². The molecule has 0 aliphatic carbocycles. The van der Waals surface area contributed by atoms with Crippen molar-refractivity contribution >= 4 is 5.91 Å². The molecule has 0 unspecified atom stereocenters. The molecular weight excluding hydrogens is 277 g/mol. The molecule has 1 saturated heterocycles. The maximum Gasteiger partial charge on any atom is 0.227 e. The third kappa shape index (κ3) is 3.19. The van der Waals surface area contributed by atoms with E-state index >= 15 is 0 Å². The lowest BCUT2D eigenvalue weighted by molar-refractivity contribution is -0.131. The van der Waals surface area contributed by atoms with Crippen LogP contribution in [0, 0.1) is 12.7 Å². The van der Waals surface area contributed by atoms with Crippen molar-refractivity contribution in [3.8, 4) is 0 Å². The quantitative estimate of drug-likeness (QED) is 0.837. The second-order valence-corrected chi connectivity index (χ2v) is 5.97. The lowest BCUT2D eigenvalue weighted by atomic mass is 10.0. The number of aryl methyl sites for hydroxylation is 1. The Balaban J connectivity index is 1.76. The minimum Gasteiger partial charge on any atom is -0.335 e. The van der Waals surface area contributed by atoms with Crippen molar-refractivity contribution in [2.75, 3.05) is 6.54 Å². The second kappa shape index (κ2) is 6.30. The highest BCUT2D eigenvalue weighted by Crippen LogP contribution is 2.32. The average Bonchev–Trinajstić information content (AvgIpc) is 2.97. The van der Waals surface area contributed by atoms with Gasteiger partial charge in [-0.3, -0.25) is 4.79 Å². The number of amides is 1. The van der Waals surface area contributed by atoms with Crippen LogP contribution in [0.3, 0.4) is 0 Å². The SMILES string of the molecule is Cc1cccc([C@@H]2CCCN2C(=O)Cc2cccc(F)c2)c1. The largest absolute Gasteiger partial charge is 0.335 e. The molecule has 114 valence electrons. The van der Waals surface area contributed by atoms with Crippen LogP contribution in [0.1, 0.15) is 35.6 Å². The summed E-state index contributed by atoms with van der Waals surface area (Å²) in [4.78, 5) is 14.5. The molecule has 1 aliphatic rings. The predicted molar refractivity (Wildman–Crippen MR) is 85.0 cm³/mol. The van der Waals surface area contributed by atoms with Crippen LogP contribution in [0.25, 0.3) is 0 Å². The summed E-state index contributed by atoms with van der Waals surface area (Å²) in [6, 6.07) is 14.8. The third-order valence-corrected chi connectivity index (χ3v) is 4.24. The highest BCUT2D eigenvalue weighted by atomic mass is 19.1. The summed E-state index contributed by atoms with van der Waals surface area (Å²) in [6.07, 6.45) is 2.28. The van der Waals surface area contributed by atoms with Crippen molar-refractivity contribution in [2.45, 2.75) is 32.2 Å². The Morgan fingerprint density at radius 3 is 2.82 bits per heavy atom. The lowest BCUT2D eigenvalue weighted by Crippen LogP contribution is -2.31. The Morgan fingerprint density at radius 2 is 2.05 bits per heavy atom. The first kappa shape index (κ1) is 14.8. The fourth-order valence-corrected chi connectivity index (χ4v) is 3.21. The summed E-state index contributed by atoms with van der Waals surface area (Å²) in [7, 11) is 0. The molecule has 0 saturated carbocycles. The molecule has 3 rings (SSSR count). The van der Waals surface area contributed by atoms with Crippen molar-refractivity contribution < 1.29 is 9.18 Å².